The molecular formula is C20H24N2O7S. The van der Waals surface area contributed by atoms with E-state index in [1.54, 1.807) is 38.1 Å². The van der Waals surface area contributed by atoms with Gasteiger partial charge in [0, 0.05) is 0 Å². The van der Waals surface area contributed by atoms with E-state index in [2.05, 4.69) is 4.74 Å². The number of carbonyl (C=O) groups is 2. The van der Waals surface area contributed by atoms with Crippen molar-refractivity contribution in [3.05, 3.63) is 48.0 Å². The molecule has 2 aromatic carbocycles. The number of nitrogens with two attached hydrogens (primary N) is 1. The Hall–Kier alpha value is -3.27. The number of hydrogen-bond acceptors (Lipinski definition) is 7. The van der Waals surface area contributed by atoms with E-state index in [4.69, 9.17) is 15.2 Å². The normalized spacial score (nSPS) is 11.1. The van der Waals surface area contributed by atoms with Crippen molar-refractivity contribution < 1.29 is 32.2 Å². The summed E-state index contributed by atoms with van der Waals surface area (Å²) in [6.45, 7) is 3.82. The lowest BCUT2D eigenvalue weighted by molar-refractivity contribution is 0.0976. The predicted molar refractivity (Wildman–Crippen MR) is 111 cm³/mol. The van der Waals surface area contributed by atoms with Crippen LogP contribution in [0.15, 0.2) is 42.5 Å². The van der Waals surface area contributed by atoms with Crippen molar-refractivity contribution in [3.63, 3.8) is 0 Å². The summed E-state index contributed by atoms with van der Waals surface area (Å²) in [7, 11) is -3.70. The van der Waals surface area contributed by atoms with Gasteiger partial charge in [-0.05, 0) is 49.2 Å². The van der Waals surface area contributed by atoms with Crippen molar-refractivity contribution >= 4 is 22.0 Å². The first kappa shape index (κ1) is 23.0. The first-order valence-corrected chi connectivity index (χ1v) is 10.9. The average Bonchev–Trinajstić information content (AvgIpc) is 2.63. The Morgan fingerprint density at radius 3 is 2.23 bits per heavy atom. The molecule has 30 heavy (non-hydrogen) atoms. The molecule has 0 aromatic heterocycles. The van der Waals surface area contributed by atoms with Crippen LogP contribution in [0.3, 0.4) is 0 Å². The second-order valence-electron chi connectivity index (χ2n) is 6.62. The number of ether oxygens (including phenoxy) is 3. The Labute approximate surface area is 175 Å². The fourth-order valence-electron chi connectivity index (χ4n) is 2.51. The topological polar surface area (TPSA) is 134 Å². The number of nitrogens with one attached hydrogen (secondary N) is 1. The van der Waals surface area contributed by atoms with Gasteiger partial charge in [0.2, 0.25) is 10.0 Å². The molecule has 0 bridgehead atoms. The fraction of sp³-hybridized carbons (Fsp3) is 0.300. The van der Waals surface area contributed by atoms with Crippen molar-refractivity contribution in [2.45, 2.75) is 20.0 Å². The van der Waals surface area contributed by atoms with Gasteiger partial charge < -0.3 is 19.9 Å². The predicted octanol–water partition coefficient (Wildman–Crippen LogP) is 2.30. The van der Waals surface area contributed by atoms with Crippen molar-refractivity contribution in [3.8, 4) is 22.6 Å². The minimum atomic E-state index is -3.70. The molecule has 0 aliphatic heterocycles. The summed E-state index contributed by atoms with van der Waals surface area (Å²) in [6.07, 6.45) is -0.170. The fourth-order valence-corrected chi connectivity index (χ4v) is 2.96. The lowest BCUT2D eigenvalue weighted by Gasteiger charge is -2.15. The average molecular weight is 436 g/mol. The van der Waals surface area contributed by atoms with Crippen molar-refractivity contribution in [1.82, 2.24) is 4.72 Å². The Bertz CT molecular complexity index is 1000. The molecule has 0 saturated carbocycles. The molecule has 0 aliphatic carbocycles. The van der Waals surface area contributed by atoms with Crippen LogP contribution in [0.5, 0.6) is 11.5 Å². The number of amides is 2. The number of benzene rings is 2. The molecule has 162 valence electrons. The van der Waals surface area contributed by atoms with Crippen LogP contribution in [-0.4, -0.2) is 46.0 Å². The Morgan fingerprint density at radius 1 is 1.03 bits per heavy atom. The van der Waals surface area contributed by atoms with E-state index in [1.165, 1.54) is 6.07 Å². The molecule has 0 unspecified atom stereocenters. The largest absolute Gasteiger partial charge is 0.490 e. The van der Waals surface area contributed by atoms with E-state index in [-0.39, 0.29) is 30.6 Å². The van der Waals surface area contributed by atoms with Crippen LogP contribution < -0.4 is 19.9 Å². The first-order valence-electron chi connectivity index (χ1n) is 9.03. The van der Waals surface area contributed by atoms with Gasteiger partial charge in [0.15, 0.2) is 0 Å². The van der Waals surface area contributed by atoms with Gasteiger partial charge in [-0.3, -0.25) is 4.79 Å². The summed E-state index contributed by atoms with van der Waals surface area (Å²) in [4.78, 5) is 22.8. The highest BCUT2D eigenvalue weighted by atomic mass is 32.2. The molecule has 2 aromatic rings. The highest BCUT2D eigenvalue weighted by molar-refractivity contribution is 7.89. The van der Waals surface area contributed by atoms with Gasteiger partial charge in [-0.25, -0.2) is 17.9 Å². The van der Waals surface area contributed by atoms with Crippen LogP contribution in [0.25, 0.3) is 11.1 Å². The van der Waals surface area contributed by atoms with Crippen molar-refractivity contribution in [2.75, 3.05) is 19.5 Å². The Morgan fingerprint density at radius 2 is 1.67 bits per heavy atom. The molecule has 0 fully saturated rings. The monoisotopic (exact) mass is 436 g/mol. The van der Waals surface area contributed by atoms with Crippen LogP contribution >= 0.6 is 0 Å². The number of carbonyl (C=O) groups excluding carboxylic acids is 2. The van der Waals surface area contributed by atoms with Gasteiger partial charge in [-0.15, -0.1) is 0 Å². The summed E-state index contributed by atoms with van der Waals surface area (Å²) in [6, 6.07) is 12.0. The maximum Gasteiger partial charge on any atom is 0.404 e. The molecule has 3 N–H and O–H groups in total. The highest BCUT2D eigenvalue weighted by Crippen LogP contribution is 2.29. The quantitative estimate of drug-likeness (QED) is 0.576. The van der Waals surface area contributed by atoms with E-state index in [0.29, 0.717) is 5.75 Å². The van der Waals surface area contributed by atoms with Gasteiger partial charge in [0.1, 0.15) is 24.7 Å². The Kier molecular flexibility index (Phi) is 7.65. The zero-order valence-corrected chi connectivity index (χ0v) is 17.7. The molecule has 0 radical (unpaired) electrons. The standard InChI is InChI=1S/C20H24N2O7S/c1-13(2)29-18-12-15(6-9-17(18)19(23)22-30(3,25)26)14-4-7-16(8-5-14)27-10-11-28-20(21)24/h4-9,12-13H,10-11H2,1-3H3,(H2,21,24)(H,22,23). The molecule has 0 atom stereocenters. The summed E-state index contributed by atoms with van der Waals surface area (Å²) in [5.74, 6) is 0.0869. The zero-order chi connectivity index (χ0) is 22.3. The van der Waals surface area contributed by atoms with E-state index < -0.39 is 22.0 Å². The molecule has 10 heteroatoms. The number of primary amides is 1. The van der Waals surface area contributed by atoms with E-state index in [9.17, 15) is 18.0 Å². The third-order valence-corrected chi connectivity index (χ3v) is 4.21. The lowest BCUT2D eigenvalue weighted by Crippen LogP contribution is -2.30. The number of rotatable bonds is 9. The van der Waals surface area contributed by atoms with Gasteiger partial charge >= 0.3 is 6.09 Å². The molecule has 0 saturated heterocycles. The van der Waals surface area contributed by atoms with Crippen LogP contribution in [0.1, 0.15) is 24.2 Å². The third-order valence-electron chi connectivity index (χ3n) is 3.65. The Balaban J connectivity index is 2.20. The van der Waals surface area contributed by atoms with Crippen LogP contribution in [0.4, 0.5) is 4.79 Å². The van der Waals surface area contributed by atoms with E-state index in [1.807, 2.05) is 16.9 Å². The van der Waals surface area contributed by atoms with E-state index in [0.717, 1.165) is 17.4 Å². The maximum absolute atomic E-state index is 12.3. The first-order chi connectivity index (χ1) is 14.0. The molecule has 0 heterocycles. The maximum atomic E-state index is 12.3. The zero-order valence-electron chi connectivity index (χ0n) is 16.9. The second kappa shape index (κ2) is 9.97. The number of sulfonamides is 1. The minimum absolute atomic E-state index is 0.0456. The van der Waals surface area contributed by atoms with E-state index >= 15 is 0 Å². The molecule has 9 nitrogen and oxygen atoms in total. The van der Waals surface area contributed by atoms with Crippen LogP contribution in [0.2, 0.25) is 0 Å². The molecule has 0 spiro atoms. The van der Waals surface area contributed by atoms with Crippen LogP contribution in [-0.2, 0) is 14.8 Å². The van der Waals surface area contributed by atoms with Gasteiger partial charge in [-0.2, -0.15) is 0 Å². The minimum Gasteiger partial charge on any atom is -0.490 e. The summed E-state index contributed by atoms with van der Waals surface area (Å²) >= 11 is 0. The number of hydrogen-bond donors (Lipinski definition) is 2. The smallest absolute Gasteiger partial charge is 0.404 e. The summed E-state index contributed by atoms with van der Waals surface area (Å²) in [5.41, 5.74) is 6.60. The highest BCUT2D eigenvalue weighted by Gasteiger charge is 2.18. The van der Waals surface area contributed by atoms with Gasteiger partial charge in [0.25, 0.3) is 5.91 Å². The third kappa shape index (κ3) is 7.28. The molecule has 0 aliphatic rings. The molecule has 2 amide bonds. The van der Waals surface area contributed by atoms with Gasteiger partial charge in [-0.1, -0.05) is 18.2 Å². The summed E-state index contributed by atoms with van der Waals surface area (Å²) < 4.78 is 40.5. The summed E-state index contributed by atoms with van der Waals surface area (Å²) in [5, 5.41) is 0. The SMILES string of the molecule is CC(C)Oc1cc(-c2ccc(OCCOC(N)=O)cc2)ccc1C(=O)NS(C)(=O)=O. The second-order valence-corrected chi connectivity index (χ2v) is 8.37. The molecular weight excluding hydrogens is 412 g/mol. The van der Waals surface area contributed by atoms with Crippen LogP contribution in [0, 0.1) is 0 Å². The van der Waals surface area contributed by atoms with Crippen molar-refractivity contribution in [1.29, 1.82) is 0 Å². The molecule has 2 rings (SSSR count). The van der Waals surface area contributed by atoms with Gasteiger partial charge in [0.05, 0.1) is 17.9 Å². The van der Waals surface area contributed by atoms with Crippen molar-refractivity contribution in [2.24, 2.45) is 5.73 Å². The lowest BCUT2D eigenvalue weighted by atomic mass is 10.0.